The fourth-order valence-electron chi connectivity index (χ4n) is 2.62. The van der Waals surface area contributed by atoms with Crippen LogP contribution in [-0.4, -0.2) is 41.3 Å². The quantitative estimate of drug-likeness (QED) is 0.338. The number of carbonyl (C=O) groups is 1. The van der Waals surface area contributed by atoms with Crippen molar-refractivity contribution in [2.75, 3.05) is 26.9 Å². The van der Waals surface area contributed by atoms with Gasteiger partial charge in [-0.1, -0.05) is 26.2 Å². The topological polar surface area (TPSA) is 103 Å². The third-order valence-corrected chi connectivity index (χ3v) is 5.64. The highest BCUT2D eigenvalue weighted by atomic mass is 32.2. The molecule has 2 rings (SSSR count). The minimum absolute atomic E-state index is 0.00119. The Hall–Kier alpha value is -2.62. The zero-order chi connectivity index (χ0) is 22.5. The summed E-state index contributed by atoms with van der Waals surface area (Å²) in [7, 11) is -2.35. The number of unbranched alkanes of at least 4 members (excludes halogenated alkanes) is 3. The number of ether oxygens (including phenoxy) is 3. The third kappa shape index (κ3) is 8.56. The molecule has 0 heterocycles. The highest BCUT2D eigenvalue weighted by Gasteiger charge is 2.16. The van der Waals surface area contributed by atoms with Gasteiger partial charge in [0.25, 0.3) is 15.9 Å². The molecule has 0 aliphatic heterocycles. The van der Waals surface area contributed by atoms with Gasteiger partial charge in [-0.05, 0) is 55.0 Å². The first-order valence-corrected chi connectivity index (χ1v) is 11.7. The standard InChI is InChI=1S/C22H30N2O6S/c1-3-4-5-6-15-29-19-9-7-18(8-10-19)22(25)23-24-31(26,27)21-13-11-20(12-14-21)30-17-16-28-2/h7-14,24H,3-6,15-17H2,1-2H3,(H,23,25). The van der Waals surface area contributed by atoms with E-state index in [1.165, 1.54) is 37.1 Å². The lowest BCUT2D eigenvalue weighted by Gasteiger charge is -2.10. The predicted octanol–water partition coefficient (Wildman–Crippen LogP) is 3.29. The Morgan fingerprint density at radius 1 is 0.839 bits per heavy atom. The SMILES string of the molecule is CCCCCCOc1ccc(C(=O)NNS(=O)(=O)c2ccc(OCCOC)cc2)cc1. The summed E-state index contributed by atoms with van der Waals surface area (Å²) in [5.74, 6) is 0.617. The summed E-state index contributed by atoms with van der Waals surface area (Å²) in [4.78, 5) is 14.3. The zero-order valence-corrected chi connectivity index (χ0v) is 18.7. The lowest BCUT2D eigenvalue weighted by atomic mass is 10.2. The van der Waals surface area contributed by atoms with E-state index < -0.39 is 15.9 Å². The average molecular weight is 451 g/mol. The molecular formula is C22H30N2O6S. The molecular weight excluding hydrogens is 420 g/mol. The maximum Gasteiger partial charge on any atom is 0.266 e. The maximum absolute atomic E-state index is 12.4. The van der Waals surface area contributed by atoms with E-state index in [9.17, 15) is 13.2 Å². The molecule has 2 N–H and O–H groups in total. The predicted molar refractivity (Wildman–Crippen MR) is 118 cm³/mol. The van der Waals surface area contributed by atoms with Crippen molar-refractivity contribution in [2.24, 2.45) is 0 Å². The Balaban J connectivity index is 1.83. The van der Waals surface area contributed by atoms with Crippen molar-refractivity contribution in [1.82, 2.24) is 10.3 Å². The molecule has 0 saturated carbocycles. The highest BCUT2D eigenvalue weighted by molar-refractivity contribution is 7.89. The summed E-state index contributed by atoms with van der Waals surface area (Å²) in [6, 6.07) is 12.4. The van der Waals surface area contributed by atoms with Crippen LogP contribution in [0.1, 0.15) is 43.0 Å². The van der Waals surface area contributed by atoms with Gasteiger partial charge >= 0.3 is 0 Å². The van der Waals surface area contributed by atoms with Crippen molar-refractivity contribution in [3.8, 4) is 11.5 Å². The molecule has 8 nitrogen and oxygen atoms in total. The van der Waals surface area contributed by atoms with Crippen LogP contribution in [0.15, 0.2) is 53.4 Å². The van der Waals surface area contributed by atoms with E-state index in [0.29, 0.717) is 36.9 Å². The number of sulfonamides is 1. The molecule has 0 radical (unpaired) electrons. The first kappa shape index (κ1) is 24.6. The van der Waals surface area contributed by atoms with Crippen LogP contribution >= 0.6 is 0 Å². The van der Waals surface area contributed by atoms with Gasteiger partial charge in [-0.15, -0.1) is 4.83 Å². The molecule has 0 aliphatic carbocycles. The fourth-order valence-corrected chi connectivity index (χ4v) is 3.46. The molecule has 0 fully saturated rings. The molecule has 9 heteroatoms. The van der Waals surface area contributed by atoms with Crippen molar-refractivity contribution in [3.05, 3.63) is 54.1 Å². The molecule has 170 valence electrons. The van der Waals surface area contributed by atoms with Crippen LogP contribution in [0.5, 0.6) is 11.5 Å². The van der Waals surface area contributed by atoms with Crippen molar-refractivity contribution in [3.63, 3.8) is 0 Å². The molecule has 2 aromatic carbocycles. The maximum atomic E-state index is 12.4. The monoisotopic (exact) mass is 450 g/mol. The lowest BCUT2D eigenvalue weighted by Crippen LogP contribution is -2.41. The number of hydrazine groups is 1. The van der Waals surface area contributed by atoms with Crippen molar-refractivity contribution in [1.29, 1.82) is 0 Å². The molecule has 0 spiro atoms. The summed E-state index contributed by atoms with van der Waals surface area (Å²) in [5, 5.41) is 0. The Labute approximate surface area is 183 Å². The van der Waals surface area contributed by atoms with Gasteiger partial charge in [0.2, 0.25) is 0 Å². The number of rotatable bonds is 14. The van der Waals surface area contributed by atoms with Crippen LogP contribution in [-0.2, 0) is 14.8 Å². The molecule has 31 heavy (non-hydrogen) atoms. The van der Waals surface area contributed by atoms with E-state index in [0.717, 1.165) is 12.8 Å². The molecule has 1 amide bonds. The number of amides is 1. The molecule has 0 atom stereocenters. The summed E-state index contributed by atoms with van der Waals surface area (Å²) >= 11 is 0. The first-order valence-electron chi connectivity index (χ1n) is 10.2. The molecule has 0 aromatic heterocycles. The number of benzene rings is 2. The van der Waals surface area contributed by atoms with Crippen molar-refractivity contribution >= 4 is 15.9 Å². The summed E-state index contributed by atoms with van der Waals surface area (Å²) in [5.41, 5.74) is 2.52. The van der Waals surface area contributed by atoms with Crippen LogP contribution in [0.3, 0.4) is 0 Å². The molecule has 0 saturated heterocycles. The fraction of sp³-hybridized carbons (Fsp3) is 0.409. The molecule has 0 bridgehead atoms. The van der Waals surface area contributed by atoms with Crippen LogP contribution < -0.4 is 19.7 Å². The molecule has 0 unspecified atom stereocenters. The highest BCUT2D eigenvalue weighted by Crippen LogP contribution is 2.16. The largest absolute Gasteiger partial charge is 0.494 e. The van der Waals surface area contributed by atoms with E-state index in [-0.39, 0.29) is 4.90 Å². The van der Waals surface area contributed by atoms with Gasteiger partial charge in [-0.3, -0.25) is 10.2 Å². The normalized spacial score (nSPS) is 11.2. The molecule has 0 aliphatic rings. The minimum atomic E-state index is -3.92. The second kappa shape index (κ2) is 12.9. The summed E-state index contributed by atoms with van der Waals surface area (Å²) < 4.78 is 40.7. The third-order valence-electron chi connectivity index (χ3n) is 4.37. The van der Waals surface area contributed by atoms with Gasteiger partial charge in [0.15, 0.2) is 0 Å². The van der Waals surface area contributed by atoms with Gasteiger partial charge in [0.1, 0.15) is 18.1 Å². The second-order valence-corrected chi connectivity index (χ2v) is 8.49. The number of hydrogen-bond acceptors (Lipinski definition) is 6. The van der Waals surface area contributed by atoms with E-state index in [4.69, 9.17) is 14.2 Å². The Morgan fingerprint density at radius 2 is 1.45 bits per heavy atom. The van der Waals surface area contributed by atoms with Gasteiger partial charge in [0.05, 0.1) is 18.1 Å². The van der Waals surface area contributed by atoms with Gasteiger partial charge in [0, 0.05) is 12.7 Å². The van der Waals surface area contributed by atoms with Crippen molar-refractivity contribution in [2.45, 2.75) is 37.5 Å². The van der Waals surface area contributed by atoms with Gasteiger partial charge in [-0.25, -0.2) is 8.42 Å². The Kier molecular flexibility index (Phi) is 10.3. The van der Waals surface area contributed by atoms with E-state index in [1.807, 2.05) is 0 Å². The van der Waals surface area contributed by atoms with Crippen LogP contribution in [0.4, 0.5) is 0 Å². The van der Waals surface area contributed by atoms with Gasteiger partial charge < -0.3 is 14.2 Å². The van der Waals surface area contributed by atoms with Crippen molar-refractivity contribution < 1.29 is 27.4 Å². The van der Waals surface area contributed by atoms with Crippen LogP contribution in [0.25, 0.3) is 0 Å². The number of carbonyl (C=O) groups excluding carboxylic acids is 1. The lowest BCUT2D eigenvalue weighted by molar-refractivity contribution is 0.0945. The zero-order valence-electron chi connectivity index (χ0n) is 17.9. The number of methoxy groups -OCH3 is 1. The Morgan fingerprint density at radius 3 is 2.06 bits per heavy atom. The van der Waals surface area contributed by atoms with Gasteiger partial charge in [-0.2, -0.15) is 0 Å². The van der Waals surface area contributed by atoms with Crippen LogP contribution in [0, 0.1) is 0 Å². The van der Waals surface area contributed by atoms with E-state index >= 15 is 0 Å². The number of hydrogen-bond donors (Lipinski definition) is 2. The minimum Gasteiger partial charge on any atom is -0.494 e. The molecule has 2 aromatic rings. The second-order valence-electron chi connectivity index (χ2n) is 6.81. The number of nitrogens with one attached hydrogen (secondary N) is 2. The van der Waals surface area contributed by atoms with E-state index in [2.05, 4.69) is 17.2 Å². The smallest absolute Gasteiger partial charge is 0.266 e. The summed E-state index contributed by atoms with van der Waals surface area (Å²) in [6.07, 6.45) is 4.46. The van der Waals surface area contributed by atoms with E-state index in [1.54, 1.807) is 31.4 Å². The van der Waals surface area contributed by atoms with Crippen LogP contribution in [0.2, 0.25) is 0 Å². The summed E-state index contributed by atoms with van der Waals surface area (Å²) in [6.45, 7) is 3.57. The Bertz CT molecular complexity index is 899. The average Bonchev–Trinajstić information content (AvgIpc) is 2.78. The first-order chi connectivity index (χ1) is 15.0.